The van der Waals surface area contributed by atoms with Crippen LogP contribution in [0.5, 0.6) is 0 Å². The average Bonchev–Trinajstić information content (AvgIpc) is 2.74. The summed E-state index contributed by atoms with van der Waals surface area (Å²) in [6, 6.07) is 11.8. The normalized spacial score (nSPS) is 15.5. The highest BCUT2D eigenvalue weighted by molar-refractivity contribution is 9.10. The highest BCUT2D eigenvalue weighted by Crippen LogP contribution is 2.25. The third kappa shape index (κ3) is 6.06. The van der Waals surface area contributed by atoms with E-state index >= 15 is 0 Å². The van der Waals surface area contributed by atoms with Gasteiger partial charge in [0.2, 0.25) is 15.9 Å². The van der Waals surface area contributed by atoms with Gasteiger partial charge < -0.3 is 10.1 Å². The standard InChI is InChI=1S/C21H22BrClN2O5S/c1-30-21(27)18-12-17(5-6-19(18)23)24-20(26)15-7-9-25(10-8-15)31(28,29)13-14-3-2-4-16(22)11-14/h2-6,11-12,15H,7-10,13H2,1H3,(H,24,26). The van der Waals surface area contributed by atoms with Gasteiger partial charge in [-0.05, 0) is 48.7 Å². The number of sulfonamides is 1. The Kier molecular flexibility index (Phi) is 7.74. The lowest BCUT2D eigenvalue weighted by Crippen LogP contribution is -2.41. The summed E-state index contributed by atoms with van der Waals surface area (Å²) in [6.45, 7) is 0.560. The smallest absolute Gasteiger partial charge is 0.339 e. The van der Waals surface area contributed by atoms with Crippen molar-refractivity contribution in [3.63, 3.8) is 0 Å². The van der Waals surface area contributed by atoms with Crippen LogP contribution in [0.15, 0.2) is 46.9 Å². The molecule has 0 spiro atoms. The molecule has 1 saturated heterocycles. The maximum absolute atomic E-state index is 12.7. The van der Waals surface area contributed by atoms with Crippen molar-refractivity contribution in [2.45, 2.75) is 18.6 Å². The number of ether oxygens (including phenoxy) is 1. The van der Waals surface area contributed by atoms with Crippen molar-refractivity contribution in [2.75, 3.05) is 25.5 Å². The zero-order valence-electron chi connectivity index (χ0n) is 16.8. The first-order valence-electron chi connectivity index (χ1n) is 9.60. The van der Waals surface area contributed by atoms with E-state index in [-0.39, 0.29) is 41.3 Å². The molecule has 1 amide bonds. The molecule has 0 bridgehead atoms. The molecular formula is C21H22BrClN2O5S. The van der Waals surface area contributed by atoms with Crippen LogP contribution in [0.2, 0.25) is 5.02 Å². The summed E-state index contributed by atoms with van der Waals surface area (Å²) in [4.78, 5) is 24.4. The van der Waals surface area contributed by atoms with Crippen LogP contribution < -0.4 is 5.32 Å². The van der Waals surface area contributed by atoms with Crippen LogP contribution in [0.1, 0.15) is 28.8 Å². The van der Waals surface area contributed by atoms with Crippen LogP contribution >= 0.6 is 27.5 Å². The first kappa shape index (κ1) is 23.7. The molecule has 0 aliphatic carbocycles. The number of hydrogen-bond donors (Lipinski definition) is 1. The quantitative estimate of drug-likeness (QED) is 0.570. The van der Waals surface area contributed by atoms with Gasteiger partial charge in [-0.2, -0.15) is 0 Å². The number of benzene rings is 2. The predicted octanol–water partition coefficient (Wildman–Crippen LogP) is 4.07. The second kappa shape index (κ2) is 10.1. The van der Waals surface area contributed by atoms with Gasteiger partial charge >= 0.3 is 5.97 Å². The fourth-order valence-electron chi connectivity index (χ4n) is 3.44. The summed E-state index contributed by atoms with van der Waals surface area (Å²) >= 11 is 9.35. The Morgan fingerprint density at radius 3 is 2.55 bits per heavy atom. The first-order chi connectivity index (χ1) is 14.7. The molecule has 1 aliphatic rings. The summed E-state index contributed by atoms with van der Waals surface area (Å²) in [6.07, 6.45) is 0.835. The molecule has 0 radical (unpaired) electrons. The number of carbonyl (C=O) groups is 2. The summed E-state index contributed by atoms with van der Waals surface area (Å²) < 4.78 is 32.5. The van der Waals surface area contributed by atoms with E-state index in [1.165, 1.54) is 23.5 Å². The van der Waals surface area contributed by atoms with Crippen molar-refractivity contribution < 1.29 is 22.7 Å². The van der Waals surface area contributed by atoms with Gasteiger partial charge in [0.1, 0.15) is 0 Å². The summed E-state index contributed by atoms with van der Waals surface area (Å²) in [5, 5.41) is 3.01. The molecule has 2 aromatic rings. The van der Waals surface area contributed by atoms with Crippen molar-refractivity contribution in [2.24, 2.45) is 5.92 Å². The minimum atomic E-state index is -3.47. The van der Waals surface area contributed by atoms with E-state index in [0.717, 1.165) is 4.47 Å². The van der Waals surface area contributed by atoms with Crippen LogP contribution in [0.3, 0.4) is 0 Å². The molecular weight excluding hydrogens is 508 g/mol. The minimum absolute atomic E-state index is 0.0790. The highest BCUT2D eigenvalue weighted by atomic mass is 79.9. The Bertz CT molecular complexity index is 1080. The van der Waals surface area contributed by atoms with Crippen molar-refractivity contribution in [3.05, 3.63) is 63.1 Å². The number of carbonyl (C=O) groups excluding carboxylic acids is 2. The molecule has 1 fully saturated rings. The second-order valence-corrected chi connectivity index (χ2v) is 10.5. The topological polar surface area (TPSA) is 92.8 Å². The van der Waals surface area contributed by atoms with E-state index in [0.29, 0.717) is 24.1 Å². The molecule has 166 valence electrons. The predicted molar refractivity (Wildman–Crippen MR) is 122 cm³/mol. The van der Waals surface area contributed by atoms with Gasteiger partial charge in [0.25, 0.3) is 0 Å². The molecule has 1 N–H and O–H groups in total. The lowest BCUT2D eigenvalue weighted by atomic mass is 9.97. The molecule has 1 aliphatic heterocycles. The van der Waals surface area contributed by atoms with E-state index in [1.54, 1.807) is 24.3 Å². The number of methoxy groups -OCH3 is 1. The van der Waals surface area contributed by atoms with Crippen LogP contribution in [-0.2, 0) is 25.3 Å². The van der Waals surface area contributed by atoms with E-state index in [4.69, 9.17) is 11.6 Å². The number of amides is 1. The SMILES string of the molecule is COC(=O)c1cc(NC(=O)C2CCN(S(=O)(=O)Cc3cccc(Br)c3)CC2)ccc1Cl. The summed E-state index contributed by atoms with van der Waals surface area (Å²) in [7, 11) is -2.22. The fourth-order valence-corrected chi connectivity index (χ4v) is 5.63. The summed E-state index contributed by atoms with van der Waals surface area (Å²) in [5.41, 5.74) is 1.30. The molecule has 1 heterocycles. The molecule has 0 unspecified atom stereocenters. The number of esters is 1. The molecule has 0 aromatic heterocycles. The van der Waals surface area contributed by atoms with Crippen LogP contribution in [-0.4, -0.2) is 44.8 Å². The Morgan fingerprint density at radius 2 is 1.90 bits per heavy atom. The maximum atomic E-state index is 12.7. The largest absolute Gasteiger partial charge is 0.465 e. The third-order valence-electron chi connectivity index (χ3n) is 5.10. The monoisotopic (exact) mass is 528 g/mol. The van der Waals surface area contributed by atoms with Gasteiger partial charge in [0, 0.05) is 29.2 Å². The molecule has 0 atom stereocenters. The highest BCUT2D eigenvalue weighted by Gasteiger charge is 2.31. The number of piperidine rings is 1. The summed E-state index contributed by atoms with van der Waals surface area (Å²) in [5.74, 6) is -1.22. The molecule has 2 aromatic carbocycles. The average molecular weight is 530 g/mol. The third-order valence-corrected chi connectivity index (χ3v) is 7.77. The van der Waals surface area contributed by atoms with E-state index in [2.05, 4.69) is 26.0 Å². The van der Waals surface area contributed by atoms with Crippen molar-refractivity contribution in [1.29, 1.82) is 0 Å². The zero-order chi connectivity index (χ0) is 22.6. The van der Waals surface area contributed by atoms with Gasteiger partial charge in [-0.25, -0.2) is 17.5 Å². The van der Waals surface area contributed by atoms with Crippen molar-refractivity contribution in [3.8, 4) is 0 Å². The molecule has 3 rings (SSSR count). The number of halogens is 2. The second-order valence-electron chi connectivity index (χ2n) is 7.23. The lowest BCUT2D eigenvalue weighted by Gasteiger charge is -2.30. The zero-order valence-corrected chi connectivity index (χ0v) is 20.0. The van der Waals surface area contributed by atoms with Crippen molar-refractivity contribution in [1.82, 2.24) is 4.31 Å². The van der Waals surface area contributed by atoms with Crippen LogP contribution in [0.4, 0.5) is 5.69 Å². The first-order valence-corrected chi connectivity index (χ1v) is 12.4. The molecule has 10 heteroatoms. The number of anilines is 1. The van der Waals surface area contributed by atoms with Gasteiger partial charge in [-0.15, -0.1) is 0 Å². The minimum Gasteiger partial charge on any atom is -0.465 e. The van der Waals surface area contributed by atoms with Gasteiger partial charge in [0.05, 0.1) is 23.4 Å². The van der Waals surface area contributed by atoms with E-state index in [9.17, 15) is 18.0 Å². The Balaban J connectivity index is 1.59. The molecule has 7 nitrogen and oxygen atoms in total. The number of rotatable bonds is 6. The maximum Gasteiger partial charge on any atom is 0.339 e. The Labute approximate surface area is 194 Å². The van der Waals surface area contributed by atoms with Crippen LogP contribution in [0, 0.1) is 5.92 Å². The Hall–Kier alpha value is -1.94. The molecule has 0 saturated carbocycles. The van der Waals surface area contributed by atoms with Crippen molar-refractivity contribution >= 4 is 55.1 Å². The van der Waals surface area contributed by atoms with Gasteiger partial charge in [-0.1, -0.05) is 39.7 Å². The van der Waals surface area contributed by atoms with Gasteiger partial charge in [0.15, 0.2) is 0 Å². The van der Waals surface area contributed by atoms with E-state index in [1.807, 2.05) is 6.07 Å². The van der Waals surface area contributed by atoms with Crippen LogP contribution in [0.25, 0.3) is 0 Å². The number of nitrogens with one attached hydrogen (secondary N) is 1. The number of hydrogen-bond acceptors (Lipinski definition) is 5. The lowest BCUT2D eigenvalue weighted by molar-refractivity contribution is -0.120. The van der Waals surface area contributed by atoms with Gasteiger partial charge in [-0.3, -0.25) is 4.79 Å². The molecule has 31 heavy (non-hydrogen) atoms. The van der Waals surface area contributed by atoms with E-state index < -0.39 is 16.0 Å². The fraction of sp³-hybridized carbons (Fsp3) is 0.333. The number of nitrogens with zero attached hydrogens (tertiary/aromatic N) is 1. The Morgan fingerprint density at radius 1 is 1.19 bits per heavy atom.